The Bertz CT molecular complexity index is 1790. The maximum atomic E-state index is 14.3. The van der Waals surface area contributed by atoms with E-state index in [2.05, 4.69) is 33.5 Å². The minimum Gasteiger partial charge on any atom is -0.507 e. The molecule has 0 aliphatic carbocycles. The highest BCUT2D eigenvalue weighted by Gasteiger charge is 2.36. The zero-order valence-electron chi connectivity index (χ0n) is 33.5. The van der Waals surface area contributed by atoms with E-state index in [4.69, 9.17) is 17.2 Å². The van der Waals surface area contributed by atoms with Gasteiger partial charge in [0.25, 0.3) is 5.91 Å². The summed E-state index contributed by atoms with van der Waals surface area (Å²) < 4.78 is 0. The van der Waals surface area contributed by atoms with Gasteiger partial charge in [0.2, 0.25) is 35.4 Å². The normalized spacial score (nSPS) is 17.7. The van der Waals surface area contributed by atoms with Crippen molar-refractivity contribution in [1.29, 1.82) is 0 Å². The summed E-state index contributed by atoms with van der Waals surface area (Å²) in [5, 5.41) is 34.7. The molecule has 18 nitrogen and oxygen atoms in total. The number of unbranched alkanes of at least 4 members (excludes halogenated alkanes) is 5. The van der Waals surface area contributed by atoms with E-state index < -0.39 is 65.8 Å². The average Bonchev–Trinajstić information content (AvgIpc) is 3.17. The summed E-state index contributed by atoms with van der Waals surface area (Å²) in [7, 11) is 1.33. The lowest BCUT2D eigenvalue weighted by Crippen LogP contribution is -2.60. The van der Waals surface area contributed by atoms with E-state index in [0.29, 0.717) is 31.4 Å². The highest BCUT2D eigenvalue weighted by Crippen LogP contribution is 2.38. The molecule has 1 heterocycles. The fourth-order valence-corrected chi connectivity index (χ4v) is 6.49. The van der Waals surface area contributed by atoms with E-state index in [1.165, 1.54) is 50.4 Å². The zero-order chi connectivity index (χ0) is 42.9. The van der Waals surface area contributed by atoms with Crippen molar-refractivity contribution in [2.24, 2.45) is 17.2 Å². The van der Waals surface area contributed by atoms with Gasteiger partial charge < -0.3 is 58.9 Å². The summed E-state index contributed by atoms with van der Waals surface area (Å²) >= 11 is 0. The van der Waals surface area contributed by atoms with Crippen molar-refractivity contribution in [1.82, 2.24) is 31.5 Å². The number of carbonyl (C=O) groups is 7. The molecule has 1 aliphatic heterocycles. The van der Waals surface area contributed by atoms with Gasteiger partial charge in [0.15, 0.2) is 6.17 Å². The van der Waals surface area contributed by atoms with E-state index in [-0.39, 0.29) is 59.9 Å². The van der Waals surface area contributed by atoms with Gasteiger partial charge in [0.1, 0.15) is 35.7 Å². The third-order valence-corrected chi connectivity index (χ3v) is 9.87. The summed E-state index contributed by atoms with van der Waals surface area (Å²) in [6.07, 6.45) is 4.42. The van der Waals surface area contributed by atoms with Gasteiger partial charge >= 0.3 is 0 Å². The summed E-state index contributed by atoms with van der Waals surface area (Å²) in [4.78, 5) is 93.3. The molecule has 3 rings (SSSR count). The second kappa shape index (κ2) is 22.9. The predicted octanol–water partition coefficient (Wildman–Crippen LogP) is 0.177. The molecule has 318 valence electrons. The zero-order valence-corrected chi connectivity index (χ0v) is 33.5. The number of phenolic OH excluding ortho intramolecular Hbond substituents is 2. The molecule has 4 bridgehead atoms. The number of hydrogen-bond acceptors (Lipinski definition) is 11. The molecular formula is C40H59N9O9. The third kappa shape index (κ3) is 13.7. The molecule has 0 spiro atoms. The number of hydrogen-bond donors (Lipinski definition) is 10. The van der Waals surface area contributed by atoms with Crippen LogP contribution in [-0.2, 0) is 40.0 Å². The van der Waals surface area contributed by atoms with Crippen LogP contribution in [0.4, 0.5) is 0 Å². The number of carbonyl (C=O) groups excluding carboxylic acids is 7. The Labute approximate surface area is 338 Å². The lowest BCUT2D eigenvalue weighted by atomic mass is 9.93. The predicted molar refractivity (Wildman–Crippen MR) is 215 cm³/mol. The van der Waals surface area contributed by atoms with Crippen LogP contribution in [0.3, 0.4) is 0 Å². The van der Waals surface area contributed by atoms with Crippen molar-refractivity contribution in [3.05, 3.63) is 47.5 Å². The van der Waals surface area contributed by atoms with Crippen molar-refractivity contribution >= 4 is 41.4 Å². The Morgan fingerprint density at radius 1 is 0.862 bits per heavy atom. The molecule has 5 unspecified atom stereocenters. The third-order valence-electron chi connectivity index (χ3n) is 9.87. The lowest BCUT2D eigenvalue weighted by molar-refractivity contribution is -0.143. The molecule has 2 aromatic rings. The smallest absolute Gasteiger partial charge is 0.258 e. The fourth-order valence-electron chi connectivity index (χ4n) is 6.49. The SMILES string of the molecule is CCCCCCCC(=O)NCCC(=O)NC(CCCCN)C(=O)N(C)C1C(=O)NC(N)C(=O)NC(C(=O)NC(C)C(N)=O)Cc2ccc(O)c(c2)-c2cc1ccc2O. The lowest BCUT2D eigenvalue weighted by Gasteiger charge is -2.32. The number of aromatic hydroxyl groups is 2. The Morgan fingerprint density at radius 2 is 1.53 bits per heavy atom. The number of rotatable bonds is 19. The topological polar surface area (TPSA) is 301 Å². The van der Waals surface area contributed by atoms with Gasteiger partial charge in [-0.1, -0.05) is 44.7 Å². The number of nitrogens with zero attached hydrogens (tertiary/aromatic N) is 1. The summed E-state index contributed by atoms with van der Waals surface area (Å²) in [6.45, 7) is 3.85. The quantitative estimate of drug-likeness (QED) is 0.0854. The summed E-state index contributed by atoms with van der Waals surface area (Å²) in [5.41, 5.74) is 17.9. The number of nitrogens with one attached hydrogen (secondary N) is 5. The van der Waals surface area contributed by atoms with Crippen molar-refractivity contribution in [3.8, 4) is 22.6 Å². The summed E-state index contributed by atoms with van der Waals surface area (Å²) in [6, 6.07) is 3.26. The number of fused-ring (bicyclic) bond motifs is 5. The largest absolute Gasteiger partial charge is 0.507 e. The number of nitrogens with two attached hydrogens (primary N) is 3. The highest BCUT2D eigenvalue weighted by molar-refractivity contribution is 5.97. The number of benzene rings is 2. The Hall–Kier alpha value is -5.75. The van der Waals surface area contributed by atoms with E-state index in [1.54, 1.807) is 0 Å². The van der Waals surface area contributed by atoms with Crippen LogP contribution in [0.25, 0.3) is 11.1 Å². The fraction of sp³-hybridized carbons (Fsp3) is 0.525. The van der Waals surface area contributed by atoms with Gasteiger partial charge in [-0.2, -0.15) is 0 Å². The van der Waals surface area contributed by atoms with Crippen LogP contribution >= 0.6 is 0 Å². The van der Waals surface area contributed by atoms with Crippen LogP contribution in [-0.4, -0.2) is 101 Å². The molecule has 2 aromatic carbocycles. The first-order chi connectivity index (χ1) is 27.6. The van der Waals surface area contributed by atoms with Crippen LogP contribution in [0, 0.1) is 0 Å². The molecule has 58 heavy (non-hydrogen) atoms. The molecule has 7 amide bonds. The van der Waals surface area contributed by atoms with Crippen LogP contribution in [0.15, 0.2) is 36.4 Å². The van der Waals surface area contributed by atoms with E-state index in [1.807, 2.05) is 0 Å². The Balaban J connectivity index is 1.95. The van der Waals surface area contributed by atoms with E-state index in [0.717, 1.165) is 37.0 Å². The first kappa shape index (κ1) is 46.6. The van der Waals surface area contributed by atoms with Crippen LogP contribution < -0.4 is 43.8 Å². The monoisotopic (exact) mass is 809 g/mol. The first-order valence-electron chi connectivity index (χ1n) is 19.7. The average molecular weight is 810 g/mol. The van der Waals surface area contributed by atoms with Gasteiger partial charge in [-0.05, 0) is 74.5 Å². The standard InChI is InChI=1S/C40H59N9O9/c1-4-5-6-7-8-12-32(52)44-19-17-33(53)46-28(11-9-10-18-41)40(58)49(3)34-25-14-16-31(51)27(22-25)26-20-24(13-15-30(26)50)21-29(37(55)45-23(2)36(43)54)47-39(57)35(42)48-38(34)56/h13-16,20,22-23,28-29,34-35,50-51H,4-12,17-19,21,41-42H2,1-3H3,(H2,43,54)(H,44,52)(H,45,55)(H,46,53)(H,47,57)(H,48,56). The van der Waals surface area contributed by atoms with Gasteiger partial charge in [0.05, 0.1) is 0 Å². The van der Waals surface area contributed by atoms with Gasteiger partial charge in [-0.3, -0.25) is 33.6 Å². The van der Waals surface area contributed by atoms with Crippen molar-refractivity contribution in [2.45, 2.75) is 115 Å². The van der Waals surface area contributed by atoms with Gasteiger partial charge in [0, 0.05) is 44.0 Å². The maximum absolute atomic E-state index is 14.3. The molecule has 0 saturated carbocycles. The molecule has 18 heteroatoms. The number of likely N-dealkylation sites (N-methyl/N-ethyl adjacent to an activating group) is 1. The molecule has 1 aliphatic rings. The van der Waals surface area contributed by atoms with Crippen LogP contribution in [0.5, 0.6) is 11.5 Å². The Morgan fingerprint density at radius 3 is 2.21 bits per heavy atom. The second-order valence-electron chi connectivity index (χ2n) is 14.5. The minimum atomic E-state index is -1.75. The van der Waals surface area contributed by atoms with Crippen molar-refractivity contribution in [2.75, 3.05) is 20.1 Å². The second-order valence-corrected chi connectivity index (χ2v) is 14.5. The van der Waals surface area contributed by atoms with E-state index in [9.17, 15) is 43.8 Å². The van der Waals surface area contributed by atoms with Crippen molar-refractivity contribution < 1.29 is 43.8 Å². The van der Waals surface area contributed by atoms with Crippen LogP contribution in [0.2, 0.25) is 0 Å². The summed E-state index contributed by atoms with van der Waals surface area (Å²) in [5.74, 6) is -5.46. The molecule has 0 saturated heterocycles. The number of phenols is 2. The Kier molecular flexibility index (Phi) is 18.4. The van der Waals surface area contributed by atoms with Crippen molar-refractivity contribution in [3.63, 3.8) is 0 Å². The van der Waals surface area contributed by atoms with Gasteiger partial charge in [-0.15, -0.1) is 0 Å². The van der Waals surface area contributed by atoms with Crippen LogP contribution in [0.1, 0.15) is 95.2 Å². The molecular weight excluding hydrogens is 750 g/mol. The van der Waals surface area contributed by atoms with E-state index >= 15 is 0 Å². The molecule has 0 aromatic heterocycles. The molecule has 0 radical (unpaired) electrons. The maximum Gasteiger partial charge on any atom is 0.258 e. The highest BCUT2D eigenvalue weighted by atomic mass is 16.3. The molecule has 5 atom stereocenters. The first-order valence-corrected chi connectivity index (χ1v) is 19.7. The molecule has 13 N–H and O–H groups in total. The number of amides is 7. The van der Waals surface area contributed by atoms with Gasteiger partial charge in [-0.25, -0.2) is 0 Å². The minimum absolute atomic E-state index is 0.0567. The number of primary amides is 1. The molecule has 0 fully saturated rings.